The fraction of sp³-hybridized carbons (Fsp3) is 0.0270. The van der Waals surface area contributed by atoms with E-state index in [9.17, 15) is 0 Å². The molecule has 184 valence electrons. The molecule has 0 aliphatic heterocycles. The van der Waals surface area contributed by atoms with Gasteiger partial charge in [0.1, 0.15) is 0 Å². The Morgan fingerprint density at radius 1 is 0.410 bits per heavy atom. The number of fused-ring (bicyclic) bond motifs is 9. The van der Waals surface area contributed by atoms with Gasteiger partial charge in [0.05, 0.1) is 11.0 Å². The number of nitrogens with two attached hydrogens (primary N) is 1. The van der Waals surface area contributed by atoms with Gasteiger partial charge in [-0.15, -0.1) is 0 Å². The first-order chi connectivity index (χ1) is 19.2. The second kappa shape index (κ2) is 8.47. The Morgan fingerprint density at radius 3 is 1.56 bits per heavy atom. The summed E-state index contributed by atoms with van der Waals surface area (Å²) in [6, 6.07) is 48.2. The molecule has 2 heteroatoms. The van der Waals surface area contributed by atoms with Crippen molar-refractivity contribution >= 4 is 59.8 Å². The summed E-state index contributed by atoms with van der Waals surface area (Å²) in [7, 11) is 0. The summed E-state index contributed by atoms with van der Waals surface area (Å²) >= 11 is 0. The largest absolute Gasteiger partial charge is 0.399 e. The number of anilines is 1. The number of hydrogen-bond acceptors (Lipinski definition) is 1. The Kier molecular flexibility index (Phi) is 4.77. The van der Waals surface area contributed by atoms with Crippen LogP contribution < -0.4 is 5.73 Å². The van der Waals surface area contributed by atoms with E-state index in [1.165, 1.54) is 65.3 Å². The monoisotopic (exact) mass is 498 g/mol. The molecule has 2 nitrogen and oxygen atoms in total. The number of benzene rings is 7. The summed E-state index contributed by atoms with van der Waals surface area (Å²) in [6.07, 6.45) is 0.868. The van der Waals surface area contributed by atoms with Crippen LogP contribution in [0.15, 0.2) is 133 Å². The third-order valence-electron chi connectivity index (χ3n) is 8.08. The zero-order valence-corrected chi connectivity index (χ0v) is 21.4. The molecular formula is C37H26N2. The van der Waals surface area contributed by atoms with Crippen molar-refractivity contribution in [2.24, 2.45) is 0 Å². The predicted molar refractivity (Wildman–Crippen MR) is 167 cm³/mol. The minimum absolute atomic E-state index is 0.786. The molecule has 0 radical (unpaired) electrons. The van der Waals surface area contributed by atoms with Crippen LogP contribution in [0.5, 0.6) is 0 Å². The molecule has 0 saturated heterocycles. The number of para-hydroxylation sites is 1. The Labute approximate surface area is 226 Å². The SMILES string of the molecule is Nc1ccc2c(c1)c1cc(Cc3ccc4c5ccccc5c5ccccc5c4c3)ccc1n2-c1ccccc1. The first kappa shape index (κ1) is 22.0. The summed E-state index contributed by atoms with van der Waals surface area (Å²) in [5.41, 5.74) is 13.2. The van der Waals surface area contributed by atoms with Gasteiger partial charge in [-0.25, -0.2) is 0 Å². The predicted octanol–water partition coefficient (Wildman–Crippen LogP) is 9.42. The minimum Gasteiger partial charge on any atom is -0.399 e. The van der Waals surface area contributed by atoms with E-state index in [1.807, 2.05) is 6.07 Å². The fourth-order valence-corrected chi connectivity index (χ4v) is 6.35. The molecular weight excluding hydrogens is 472 g/mol. The Bertz CT molecular complexity index is 2170. The van der Waals surface area contributed by atoms with E-state index in [2.05, 4.69) is 132 Å². The van der Waals surface area contributed by atoms with Crippen LogP contribution in [0, 0.1) is 0 Å². The highest BCUT2D eigenvalue weighted by atomic mass is 15.0. The maximum atomic E-state index is 6.25. The van der Waals surface area contributed by atoms with Gasteiger partial charge in [0.15, 0.2) is 0 Å². The Hall–Kier alpha value is -5.08. The zero-order chi connectivity index (χ0) is 25.9. The number of nitrogens with zero attached hydrogens (tertiary/aromatic N) is 1. The average molecular weight is 499 g/mol. The first-order valence-corrected chi connectivity index (χ1v) is 13.4. The van der Waals surface area contributed by atoms with Crippen molar-refractivity contribution in [3.05, 3.63) is 145 Å². The number of nitrogen functional groups attached to an aromatic ring is 1. The molecule has 8 rings (SSSR count). The standard InChI is InChI=1S/C37H26N2/c38-26-16-19-37-35(23-26)34-22-25(15-18-36(34)39(37)27-8-2-1-3-9-27)20-24-14-17-32-30-12-5-4-10-28(30)29-11-6-7-13-31(29)33(32)21-24/h1-19,21-23H,20,38H2. The minimum atomic E-state index is 0.786. The number of rotatable bonds is 3. The van der Waals surface area contributed by atoms with Gasteiger partial charge >= 0.3 is 0 Å². The highest BCUT2D eigenvalue weighted by Gasteiger charge is 2.14. The molecule has 1 aromatic heterocycles. The van der Waals surface area contributed by atoms with Gasteiger partial charge in [-0.2, -0.15) is 0 Å². The van der Waals surface area contributed by atoms with Crippen molar-refractivity contribution in [3.8, 4) is 5.69 Å². The van der Waals surface area contributed by atoms with Crippen molar-refractivity contribution in [1.82, 2.24) is 4.57 Å². The molecule has 0 spiro atoms. The van der Waals surface area contributed by atoms with E-state index in [1.54, 1.807) is 0 Å². The lowest BCUT2D eigenvalue weighted by Gasteiger charge is -2.12. The molecule has 0 saturated carbocycles. The Balaban J connectivity index is 1.30. The van der Waals surface area contributed by atoms with E-state index in [0.717, 1.165) is 17.8 Å². The second-order valence-corrected chi connectivity index (χ2v) is 10.4. The molecule has 39 heavy (non-hydrogen) atoms. The van der Waals surface area contributed by atoms with Crippen LogP contribution in [0.3, 0.4) is 0 Å². The molecule has 7 aromatic carbocycles. The normalized spacial score (nSPS) is 11.8. The highest BCUT2D eigenvalue weighted by Crippen LogP contribution is 2.37. The van der Waals surface area contributed by atoms with E-state index in [4.69, 9.17) is 5.73 Å². The van der Waals surface area contributed by atoms with Gasteiger partial charge in [0.2, 0.25) is 0 Å². The molecule has 0 unspecified atom stereocenters. The average Bonchev–Trinajstić information content (AvgIpc) is 3.30. The summed E-state index contributed by atoms with van der Waals surface area (Å²) in [5, 5.41) is 10.3. The van der Waals surface area contributed by atoms with Gasteiger partial charge < -0.3 is 10.3 Å². The van der Waals surface area contributed by atoms with Gasteiger partial charge in [-0.1, -0.05) is 91.0 Å². The first-order valence-electron chi connectivity index (χ1n) is 13.4. The summed E-state index contributed by atoms with van der Waals surface area (Å²) in [6.45, 7) is 0. The van der Waals surface area contributed by atoms with Crippen LogP contribution in [0.2, 0.25) is 0 Å². The number of aromatic nitrogens is 1. The lowest BCUT2D eigenvalue weighted by atomic mass is 9.92. The third kappa shape index (κ3) is 3.42. The third-order valence-corrected chi connectivity index (χ3v) is 8.08. The lowest BCUT2D eigenvalue weighted by Crippen LogP contribution is -1.94. The Morgan fingerprint density at radius 2 is 0.897 bits per heavy atom. The molecule has 0 bridgehead atoms. The molecule has 0 fully saturated rings. The van der Waals surface area contributed by atoms with Crippen LogP contribution in [0.4, 0.5) is 5.69 Å². The summed E-state index contributed by atoms with van der Waals surface area (Å²) in [5.74, 6) is 0. The molecule has 8 aromatic rings. The molecule has 0 amide bonds. The maximum Gasteiger partial charge on any atom is 0.0542 e. The van der Waals surface area contributed by atoms with Crippen LogP contribution in [-0.2, 0) is 6.42 Å². The van der Waals surface area contributed by atoms with Crippen molar-refractivity contribution < 1.29 is 0 Å². The van der Waals surface area contributed by atoms with E-state index in [-0.39, 0.29) is 0 Å². The van der Waals surface area contributed by atoms with E-state index in [0.29, 0.717) is 0 Å². The molecule has 0 aliphatic rings. The van der Waals surface area contributed by atoms with Crippen molar-refractivity contribution in [1.29, 1.82) is 0 Å². The molecule has 0 atom stereocenters. The van der Waals surface area contributed by atoms with Crippen molar-refractivity contribution in [2.45, 2.75) is 6.42 Å². The highest BCUT2D eigenvalue weighted by molar-refractivity contribution is 6.25. The second-order valence-electron chi connectivity index (χ2n) is 10.4. The molecule has 0 aliphatic carbocycles. The van der Waals surface area contributed by atoms with E-state index >= 15 is 0 Å². The van der Waals surface area contributed by atoms with Crippen molar-refractivity contribution in [3.63, 3.8) is 0 Å². The van der Waals surface area contributed by atoms with Gasteiger partial charge in [-0.3, -0.25) is 0 Å². The fourth-order valence-electron chi connectivity index (χ4n) is 6.35. The van der Waals surface area contributed by atoms with Gasteiger partial charge in [-0.05, 0) is 92.3 Å². The maximum absolute atomic E-state index is 6.25. The van der Waals surface area contributed by atoms with Crippen LogP contribution in [0.1, 0.15) is 11.1 Å². The van der Waals surface area contributed by atoms with Gasteiger partial charge in [0.25, 0.3) is 0 Å². The van der Waals surface area contributed by atoms with Crippen molar-refractivity contribution in [2.75, 3.05) is 5.73 Å². The molecule has 2 N–H and O–H groups in total. The topological polar surface area (TPSA) is 30.9 Å². The lowest BCUT2D eigenvalue weighted by molar-refractivity contribution is 1.17. The van der Waals surface area contributed by atoms with Crippen LogP contribution in [-0.4, -0.2) is 4.57 Å². The molecule has 1 heterocycles. The van der Waals surface area contributed by atoms with E-state index < -0.39 is 0 Å². The van der Waals surface area contributed by atoms with Gasteiger partial charge in [0, 0.05) is 22.1 Å². The summed E-state index contributed by atoms with van der Waals surface area (Å²) in [4.78, 5) is 0. The summed E-state index contributed by atoms with van der Waals surface area (Å²) < 4.78 is 2.33. The zero-order valence-electron chi connectivity index (χ0n) is 21.4. The smallest absolute Gasteiger partial charge is 0.0542 e. The quantitative estimate of drug-likeness (QED) is 0.191. The number of hydrogen-bond donors (Lipinski definition) is 1. The van der Waals surface area contributed by atoms with Crippen LogP contribution >= 0.6 is 0 Å². The van der Waals surface area contributed by atoms with Crippen LogP contribution in [0.25, 0.3) is 59.8 Å².